The Morgan fingerprint density at radius 2 is 1.38 bits per heavy atom. The van der Waals surface area contributed by atoms with Gasteiger partial charge in [0, 0.05) is 19.6 Å². The zero-order valence-electron chi connectivity index (χ0n) is 18.6. The third-order valence-corrected chi connectivity index (χ3v) is 4.41. The third-order valence-electron chi connectivity index (χ3n) is 4.41. The van der Waals surface area contributed by atoms with E-state index < -0.39 is 5.54 Å². The van der Waals surface area contributed by atoms with E-state index in [1.807, 2.05) is 20.8 Å². The lowest BCUT2D eigenvalue weighted by Crippen LogP contribution is -2.51. The lowest BCUT2D eigenvalue weighted by atomic mass is 9.95. The molecule has 0 bridgehead atoms. The molecule has 8 nitrogen and oxygen atoms in total. The Morgan fingerprint density at radius 1 is 0.862 bits per heavy atom. The number of nitrogens with zero attached hydrogens (tertiary/aromatic N) is 2. The predicted octanol–water partition coefficient (Wildman–Crippen LogP) is -0.453. The Kier molecular flexibility index (Phi) is 11.2. The van der Waals surface area contributed by atoms with Gasteiger partial charge < -0.3 is 20.4 Å². The lowest BCUT2D eigenvalue weighted by Gasteiger charge is -2.30. The molecule has 4 radical (unpaired) electrons. The molecule has 0 spiro atoms. The molecule has 0 heterocycles. The molecule has 0 aliphatic heterocycles. The fourth-order valence-electron chi connectivity index (χ4n) is 2.42. The van der Waals surface area contributed by atoms with Gasteiger partial charge in [-0.25, -0.2) is 0 Å². The first kappa shape index (κ1) is 27.2. The van der Waals surface area contributed by atoms with Crippen molar-refractivity contribution < 1.29 is 19.2 Å². The molecule has 29 heavy (non-hydrogen) atoms. The number of carbonyl (C=O) groups excluding carboxylic acids is 4. The Hall–Kier alpha value is -1.83. The van der Waals surface area contributed by atoms with Crippen LogP contribution in [0.4, 0.5) is 0 Å². The zero-order chi connectivity index (χ0) is 22.8. The van der Waals surface area contributed by atoms with Crippen LogP contribution in [-0.4, -0.2) is 94.3 Å². The smallest absolute Gasteiger partial charge is 0.239 e. The molecular formula is C19H34B2N4O4. The van der Waals surface area contributed by atoms with Gasteiger partial charge >= 0.3 is 0 Å². The highest BCUT2D eigenvalue weighted by molar-refractivity contribution is 6.20. The summed E-state index contributed by atoms with van der Waals surface area (Å²) in [6.45, 7) is 9.76. The third kappa shape index (κ3) is 10.5. The van der Waals surface area contributed by atoms with Crippen molar-refractivity contribution >= 4 is 39.2 Å². The summed E-state index contributed by atoms with van der Waals surface area (Å²) in [5.41, 5.74) is -0.970. The van der Waals surface area contributed by atoms with Gasteiger partial charge in [-0.2, -0.15) is 0 Å². The molecule has 0 saturated carbocycles. The van der Waals surface area contributed by atoms with Crippen LogP contribution in [0.15, 0.2) is 0 Å². The van der Waals surface area contributed by atoms with Crippen LogP contribution in [0.25, 0.3) is 0 Å². The zero-order valence-corrected chi connectivity index (χ0v) is 18.6. The quantitative estimate of drug-likeness (QED) is 0.430. The first-order chi connectivity index (χ1) is 13.3. The monoisotopic (exact) mass is 404 g/mol. The first-order valence-electron chi connectivity index (χ1n) is 9.72. The van der Waals surface area contributed by atoms with Crippen LogP contribution in [0.1, 0.15) is 34.6 Å². The molecule has 0 rings (SSSR count). The van der Waals surface area contributed by atoms with Crippen LogP contribution >= 0.6 is 0 Å². The Bertz CT molecular complexity index is 591. The average Bonchev–Trinajstić information content (AvgIpc) is 2.63. The highest BCUT2D eigenvalue weighted by Crippen LogP contribution is 2.15. The molecule has 10 heteroatoms. The molecule has 0 saturated heterocycles. The van der Waals surface area contributed by atoms with Gasteiger partial charge in [-0.3, -0.25) is 19.2 Å². The molecule has 3 amide bonds. The first-order valence-corrected chi connectivity index (χ1v) is 9.72. The lowest BCUT2D eigenvalue weighted by molar-refractivity contribution is -0.136. The minimum Gasteiger partial charge on any atom is -0.353 e. The van der Waals surface area contributed by atoms with Gasteiger partial charge in [-0.05, 0) is 39.0 Å². The second kappa shape index (κ2) is 12.0. The Labute approximate surface area is 177 Å². The van der Waals surface area contributed by atoms with E-state index in [-0.39, 0.29) is 67.7 Å². The molecule has 0 aliphatic rings. The fraction of sp³-hybridized carbons (Fsp3) is 0.789. The molecule has 2 N–H and O–H groups in total. The number of nitrogens with one attached hydrogen (secondary N) is 2. The van der Waals surface area contributed by atoms with Crippen molar-refractivity contribution in [2.24, 2.45) is 5.41 Å². The summed E-state index contributed by atoms with van der Waals surface area (Å²) in [7, 11) is 12.5. The minimum atomic E-state index is -0.785. The molecule has 0 unspecified atom stereocenters. The van der Waals surface area contributed by atoms with Crippen molar-refractivity contribution in [1.82, 2.24) is 20.4 Å². The highest BCUT2D eigenvalue weighted by Gasteiger charge is 2.28. The second-order valence-corrected chi connectivity index (χ2v) is 8.68. The fourth-order valence-corrected chi connectivity index (χ4v) is 2.42. The topological polar surface area (TPSA) is 98.8 Å². The summed E-state index contributed by atoms with van der Waals surface area (Å²) >= 11 is 0. The van der Waals surface area contributed by atoms with E-state index in [9.17, 15) is 19.2 Å². The molecule has 0 aromatic rings. The largest absolute Gasteiger partial charge is 0.353 e. The summed E-state index contributed by atoms with van der Waals surface area (Å²) in [6.07, 6.45) is -0.406. The van der Waals surface area contributed by atoms with Crippen LogP contribution in [-0.2, 0) is 19.2 Å². The Balaban J connectivity index is 4.82. The summed E-state index contributed by atoms with van der Waals surface area (Å²) in [6, 6.07) is 0. The number of likely N-dealkylation sites (N-methyl/N-ethyl adjacent to an activating group) is 1. The molecule has 0 fully saturated rings. The van der Waals surface area contributed by atoms with Crippen molar-refractivity contribution in [2.45, 2.75) is 52.8 Å². The normalized spacial score (nSPS) is 11.7. The number of rotatable bonds is 12. The van der Waals surface area contributed by atoms with Gasteiger partial charge in [0.15, 0.2) is 5.78 Å². The van der Waals surface area contributed by atoms with Gasteiger partial charge in [-0.15, -0.1) is 0 Å². The molecule has 0 aliphatic carbocycles. The van der Waals surface area contributed by atoms with Gasteiger partial charge in [0.05, 0.1) is 34.3 Å². The van der Waals surface area contributed by atoms with Crippen molar-refractivity contribution in [3.8, 4) is 0 Å². The van der Waals surface area contributed by atoms with Crippen LogP contribution < -0.4 is 10.6 Å². The van der Waals surface area contributed by atoms with Crippen molar-refractivity contribution in [2.75, 3.05) is 39.8 Å². The predicted molar refractivity (Wildman–Crippen MR) is 115 cm³/mol. The van der Waals surface area contributed by atoms with Crippen molar-refractivity contribution in [1.29, 1.82) is 0 Å². The molecule has 0 aromatic carbocycles. The summed E-state index contributed by atoms with van der Waals surface area (Å²) < 4.78 is 0. The van der Waals surface area contributed by atoms with E-state index in [1.54, 1.807) is 20.9 Å². The summed E-state index contributed by atoms with van der Waals surface area (Å²) in [5.74, 6) is -1.22. The van der Waals surface area contributed by atoms with Crippen LogP contribution in [0.3, 0.4) is 0 Å². The van der Waals surface area contributed by atoms with E-state index in [0.29, 0.717) is 6.54 Å². The maximum atomic E-state index is 12.4. The number of carbonyl (C=O) groups is 4. The maximum absolute atomic E-state index is 12.4. The van der Waals surface area contributed by atoms with E-state index in [1.165, 1.54) is 9.80 Å². The summed E-state index contributed by atoms with van der Waals surface area (Å²) in [5, 5.41) is 5.58. The van der Waals surface area contributed by atoms with Crippen molar-refractivity contribution in [3.05, 3.63) is 0 Å². The van der Waals surface area contributed by atoms with E-state index >= 15 is 0 Å². The van der Waals surface area contributed by atoms with E-state index in [2.05, 4.69) is 10.6 Å². The number of hydrogen-bond donors (Lipinski definition) is 2. The number of Topliss-reactive ketones (excluding diaryl/α,β-unsaturated/α-hetero) is 1. The maximum Gasteiger partial charge on any atom is 0.239 e. The molecule has 0 aromatic heterocycles. The van der Waals surface area contributed by atoms with Crippen LogP contribution in [0, 0.1) is 5.41 Å². The summed E-state index contributed by atoms with van der Waals surface area (Å²) in [4.78, 5) is 51.4. The standard InChI is InChI=1S/C19H34B2N4O4/c1-18(2,3)13-25(17(29)10-21)12-15(27)23-7-8-24(16(28)9-20)11-14(26)19(4,5)22-6/h22H,7-13H2,1-6H3,(H,23,27). The SMILES string of the molecule is [B]CC(=O)N(CCNC(=O)CN(CC(C)(C)C)C(=O)C[B])CC(=O)C(C)(C)NC. The molecule has 160 valence electrons. The molecular weight excluding hydrogens is 370 g/mol. The van der Waals surface area contributed by atoms with Gasteiger partial charge in [0.1, 0.15) is 0 Å². The van der Waals surface area contributed by atoms with Crippen LogP contribution in [0.5, 0.6) is 0 Å². The Morgan fingerprint density at radius 3 is 1.83 bits per heavy atom. The number of hydrogen-bond acceptors (Lipinski definition) is 5. The number of amides is 3. The van der Waals surface area contributed by atoms with E-state index in [4.69, 9.17) is 15.7 Å². The van der Waals surface area contributed by atoms with Crippen molar-refractivity contribution in [3.63, 3.8) is 0 Å². The molecule has 0 atom stereocenters. The highest BCUT2D eigenvalue weighted by atomic mass is 16.2. The van der Waals surface area contributed by atoms with E-state index in [0.717, 1.165) is 0 Å². The van der Waals surface area contributed by atoms with Gasteiger partial charge in [0.25, 0.3) is 0 Å². The minimum absolute atomic E-state index is 0.110. The van der Waals surface area contributed by atoms with Crippen LogP contribution in [0.2, 0.25) is 12.6 Å². The average molecular weight is 404 g/mol. The number of ketones is 1. The van der Waals surface area contributed by atoms with Gasteiger partial charge in [-0.1, -0.05) is 20.8 Å². The van der Waals surface area contributed by atoms with Gasteiger partial charge in [0.2, 0.25) is 17.7 Å². The second-order valence-electron chi connectivity index (χ2n) is 8.68.